The summed E-state index contributed by atoms with van der Waals surface area (Å²) < 4.78 is 0. The van der Waals surface area contributed by atoms with Crippen molar-refractivity contribution in [2.45, 2.75) is 12.8 Å². The normalized spacial score (nSPS) is 15.6. The van der Waals surface area contributed by atoms with Crippen LogP contribution < -0.4 is 10.6 Å². The van der Waals surface area contributed by atoms with Gasteiger partial charge in [0.2, 0.25) is 5.91 Å². The fourth-order valence-corrected chi connectivity index (χ4v) is 3.04. The lowest BCUT2D eigenvalue weighted by molar-refractivity contribution is -0.116. The van der Waals surface area contributed by atoms with Crippen LogP contribution >= 0.6 is 0 Å². The first-order valence-corrected chi connectivity index (χ1v) is 8.25. The minimum atomic E-state index is -0.217. The number of aromatic nitrogens is 2. The van der Waals surface area contributed by atoms with Gasteiger partial charge in [0.15, 0.2) is 0 Å². The topological polar surface area (TPSA) is 66.9 Å². The third-order valence-electron chi connectivity index (χ3n) is 4.38. The van der Waals surface area contributed by atoms with Crippen molar-refractivity contribution in [2.75, 3.05) is 17.2 Å². The van der Waals surface area contributed by atoms with Crippen molar-refractivity contribution in [1.82, 2.24) is 10.2 Å². The number of rotatable bonds is 4. The number of nitrogens with zero attached hydrogens (tertiary/aromatic N) is 2. The number of hydrogen-bond donors (Lipinski definition) is 2. The van der Waals surface area contributed by atoms with Crippen molar-refractivity contribution >= 4 is 17.4 Å². The van der Waals surface area contributed by atoms with E-state index in [4.69, 9.17) is 0 Å². The zero-order chi connectivity index (χ0) is 17.2. The van der Waals surface area contributed by atoms with Gasteiger partial charge in [0, 0.05) is 17.8 Å². The van der Waals surface area contributed by atoms with E-state index in [-0.39, 0.29) is 11.8 Å². The number of fused-ring (bicyclic) bond motifs is 1. The van der Waals surface area contributed by atoms with Gasteiger partial charge in [-0.25, -0.2) is 0 Å². The predicted octanol–water partition coefficient (Wildman–Crippen LogP) is 3.60. The molecular weight excluding hydrogens is 312 g/mol. The van der Waals surface area contributed by atoms with Gasteiger partial charge in [-0.15, -0.1) is 10.2 Å². The van der Waals surface area contributed by atoms with Crippen LogP contribution in [0.25, 0.3) is 11.3 Å². The summed E-state index contributed by atoms with van der Waals surface area (Å²) in [6.45, 7) is 2.52. The highest BCUT2D eigenvalue weighted by Crippen LogP contribution is 2.33. The van der Waals surface area contributed by atoms with Crippen LogP contribution in [0, 0.1) is 6.92 Å². The molecule has 0 bridgehead atoms. The van der Waals surface area contributed by atoms with E-state index in [1.165, 1.54) is 0 Å². The van der Waals surface area contributed by atoms with Gasteiger partial charge >= 0.3 is 0 Å². The van der Waals surface area contributed by atoms with Gasteiger partial charge in [-0.1, -0.05) is 48.0 Å². The summed E-state index contributed by atoms with van der Waals surface area (Å²) in [5.41, 5.74) is 4.93. The highest BCUT2D eigenvalue weighted by atomic mass is 16.2. The molecule has 2 heterocycles. The van der Waals surface area contributed by atoms with Gasteiger partial charge in [0.25, 0.3) is 0 Å². The molecule has 0 saturated carbocycles. The zero-order valence-electron chi connectivity index (χ0n) is 13.9. The SMILES string of the molecule is Cc1ccc2c(c1)C(CNc1ccc(-c3ccccc3)nn1)C(=O)N2. The van der Waals surface area contributed by atoms with Crippen molar-refractivity contribution in [3.8, 4) is 11.3 Å². The predicted molar refractivity (Wildman–Crippen MR) is 98.5 cm³/mol. The van der Waals surface area contributed by atoms with Crippen LogP contribution in [0.1, 0.15) is 17.0 Å². The van der Waals surface area contributed by atoms with Gasteiger partial charge in [0.1, 0.15) is 5.82 Å². The Morgan fingerprint density at radius 1 is 1.04 bits per heavy atom. The van der Waals surface area contributed by atoms with Crippen LogP contribution in [0.5, 0.6) is 0 Å². The second kappa shape index (κ2) is 6.36. The molecule has 25 heavy (non-hydrogen) atoms. The third-order valence-corrected chi connectivity index (χ3v) is 4.38. The maximum absolute atomic E-state index is 12.2. The van der Waals surface area contributed by atoms with E-state index < -0.39 is 0 Å². The number of anilines is 2. The lowest BCUT2D eigenvalue weighted by Crippen LogP contribution is -2.20. The van der Waals surface area contributed by atoms with E-state index in [1.54, 1.807) is 0 Å². The van der Waals surface area contributed by atoms with E-state index >= 15 is 0 Å². The van der Waals surface area contributed by atoms with E-state index in [2.05, 4.69) is 26.9 Å². The molecule has 2 N–H and O–H groups in total. The molecule has 1 amide bonds. The largest absolute Gasteiger partial charge is 0.367 e. The fourth-order valence-electron chi connectivity index (χ4n) is 3.04. The Labute approximate surface area is 146 Å². The molecule has 1 aromatic heterocycles. The summed E-state index contributed by atoms with van der Waals surface area (Å²) in [5.74, 6) is 0.459. The van der Waals surface area contributed by atoms with Crippen molar-refractivity contribution in [2.24, 2.45) is 0 Å². The number of carbonyl (C=O) groups is 1. The summed E-state index contributed by atoms with van der Waals surface area (Å²) in [7, 11) is 0. The molecule has 0 saturated heterocycles. The first kappa shape index (κ1) is 15.3. The summed E-state index contributed by atoms with van der Waals surface area (Å²) >= 11 is 0. The lowest BCUT2D eigenvalue weighted by Gasteiger charge is -2.11. The molecule has 0 spiro atoms. The number of aryl methyl sites for hydroxylation is 1. The molecule has 1 atom stereocenters. The Balaban J connectivity index is 1.47. The smallest absolute Gasteiger partial charge is 0.233 e. The molecule has 1 unspecified atom stereocenters. The standard InChI is InChI=1S/C20H18N4O/c1-13-7-8-18-15(11-13)16(20(25)22-18)12-21-19-10-9-17(23-24-19)14-5-3-2-4-6-14/h2-11,16H,12H2,1H3,(H,21,24)(H,22,25). The molecule has 2 aromatic carbocycles. The minimum Gasteiger partial charge on any atom is -0.367 e. The highest BCUT2D eigenvalue weighted by Gasteiger charge is 2.30. The Kier molecular flexibility index (Phi) is 3.90. The Morgan fingerprint density at radius 3 is 2.64 bits per heavy atom. The Bertz CT molecular complexity index is 907. The second-order valence-corrected chi connectivity index (χ2v) is 6.18. The molecule has 5 heteroatoms. The van der Waals surface area contributed by atoms with E-state index in [0.717, 1.165) is 28.1 Å². The molecule has 124 valence electrons. The van der Waals surface area contributed by atoms with E-state index in [0.29, 0.717) is 12.4 Å². The molecule has 0 radical (unpaired) electrons. The minimum absolute atomic E-state index is 0.0157. The highest BCUT2D eigenvalue weighted by molar-refractivity contribution is 6.03. The molecule has 0 fully saturated rings. The van der Waals surface area contributed by atoms with Crippen LogP contribution in [0.3, 0.4) is 0 Å². The maximum Gasteiger partial charge on any atom is 0.233 e. The first-order valence-electron chi connectivity index (χ1n) is 8.25. The van der Waals surface area contributed by atoms with Gasteiger partial charge < -0.3 is 10.6 Å². The summed E-state index contributed by atoms with van der Waals surface area (Å²) in [6, 6.07) is 19.8. The molecule has 5 nitrogen and oxygen atoms in total. The van der Waals surface area contributed by atoms with Crippen LogP contribution in [-0.2, 0) is 4.79 Å². The van der Waals surface area contributed by atoms with Gasteiger partial charge in [-0.2, -0.15) is 0 Å². The van der Waals surface area contributed by atoms with Crippen molar-refractivity contribution in [3.05, 3.63) is 71.8 Å². The van der Waals surface area contributed by atoms with Gasteiger partial charge in [-0.05, 0) is 30.7 Å². The van der Waals surface area contributed by atoms with Gasteiger partial charge in [0.05, 0.1) is 11.6 Å². The number of amides is 1. The van der Waals surface area contributed by atoms with Crippen LogP contribution in [0.4, 0.5) is 11.5 Å². The molecule has 1 aliphatic rings. The first-order chi connectivity index (χ1) is 12.2. The lowest BCUT2D eigenvalue weighted by atomic mass is 9.99. The maximum atomic E-state index is 12.2. The van der Waals surface area contributed by atoms with E-state index in [9.17, 15) is 4.79 Å². The van der Waals surface area contributed by atoms with Gasteiger partial charge in [-0.3, -0.25) is 4.79 Å². The average molecular weight is 330 g/mol. The molecule has 0 aliphatic carbocycles. The van der Waals surface area contributed by atoms with Crippen LogP contribution in [0.15, 0.2) is 60.7 Å². The number of benzene rings is 2. The third kappa shape index (κ3) is 3.08. The average Bonchev–Trinajstić information content (AvgIpc) is 2.96. The number of carbonyl (C=O) groups excluding carboxylic acids is 1. The van der Waals surface area contributed by atoms with Crippen molar-refractivity contribution in [3.63, 3.8) is 0 Å². The molecular formula is C20H18N4O. The van der Waals surface area contributed by atoms with Crippen molar-refractivity contribution < 1.29 is 4.79 Å². The zero-order valence-corrected chi connectivity index (χ0v) is 13.9. The summed E-state index contributed by atoms with van der Waals surface area (Å²) in [4.78, 5) is 12.2. The number of nitrogens with one attached hydrogen (secondary N) is 2. The van der Waals surface area contributed by atoms with Crippen LogP contribution in [-0.4, -0.2) is 22.6 Å². The molecule has 1 aliphatic heterocycles. The summed E-state index contributed by atoms with van der Waals surface area (Å²) in [5, 5.41) is 14.6. The Hall–Kier alpha value is -3.21. The monoisotopic (exact) mass is 330 g/mol. The molecule has 3 aromatic rings. The van der Waals surface area contributed by atoms with Crippen molar-refractivity contribution in [1.29, 1.82) is 0 Å². The second-order valence-electron chi connectivity index (χ2n) is 6.18. The quantitative estimate of drug-likeness (QED) is 0.767. The summed E-state index contributed by atoms with van der Waals surface area (Å²) in [6.07, 6.45) is 0. The fraction of sp³-hybridized carbons (Fsp3) is 0.150. The van der Waals surface area contributed by atoms with Crippen LogP contribution in [0.2, 0.25) is 0 Å². The van der Waals surface area contributed by atoms with E-state index in [1.807, 2.05) is 61.5 Å². The number of hydrogen-bond acceptors (Lipinski definition) is 4. The molecule has 4 rings (SSSR count). The Morgan fingerprint density at radius 2 is 1.88 bits per heavy atom.